The lowest BCUT2D eigenvalue weighted by molar-refractivity contribution is -0.132. The Hall–Kier alpha value is -2.48. The van der Waals surface area contributed by atoms with Gasteiger partial charge in [0.1, 0.15) is 18.0 Å². The number of carbonyl (C=O) groups is 1. The summed E-state index contributed by atoms with van der Waals surface area (Å²) in [5.41, 5.74) is 3.72. The second-order valence-corrected chi connectivity index (χ2v) is 8.46. The van der Waals surface area contributed by atoms with Crippen molar-refractivity contribution in [2.75, 3.05) is 23.4 Å². The molecule has 1 aliphatic carbocycles. The molecular formula is C23H25N3O4. The van der Waals surface area contributed by atoms with Gasteiger partial charge in [0.05, 0.1) is 36.7 Å². The van der Waals surface area contributed by atoms with E-state index < -0.39 is 6.10 Å². The Morgan fingerprint density at radius 1 is 1.17 bits per heavy atom. The molecule has 1 aromatic carbocycles. The zero-order chi connectivity index (χ0) is 20.1. The molecule has 0 bridgehead atoms. The molecule has 6 rings (SSSR count). The second-order valence-electron chi connectivity index (χ2n) is 8.46. The van der Waals surface area contributed by atoms with E-state index in [1.54, 1.807) is 6.20 Å². The summed E-state index contributed by atoms with van der Waals surface area (Å²) in [6, 6.07) is 10.0. The summed E-state index contributed by atoms with van der Waals surface area (Å²) < 4.78 is 17.8. The molecule has 1 aromatic heterocycles. The number of nitrogens with one attached hydrogen (secondary N) is 1. The highest BCUT2D eigenvalue weighted by atomic mass is 16.6. The van der Waals surface area contributed by atoms with Gasteiger partial charge in [0.15, 0.2) is 0 Å². The van der Waals surface area contributed by atoms with E-state index in [-0.39, 0.29) is 24.2 Å². The van der Waals surface area contributed by atoms with Gasteiger partial charge in [-0.25, -0.2) is 4.98 Å². The Labute approximate surface area is 175 Å². The molecule has 156 valence electrons. The van der Waals surface area contributed by atoms with Crippen LogP contribution in [0.2, 0.25) is 0 Å². The molecule has 3 fully saturated rings. The lowest BCUT2D eigenvalue weighted by Crippen LogP contribution is -2.41. The number of fused-ring (bicyclic) bond motifs is 3. The molecule has 2 saturated heterocycles. The van der Waals surface area contributed by atoms with Crippen LogP contribution in [0.15, 0.2) is 36.5 Å². The number of pyridine rings is 1. The topological polar surface area (TPSA) is 72.9 Å². The Morgan fingerprint density at radius 3 is 3.00 bits per heavy atom. The first-order chi connectivity index (χ1) is 14.8. The molecule has 30 heavy (non-hydrogen) atoms. The standard InChI is InChI=1S/C23H25N3O4/c27-23(18-5-1-2-9-28-18)26-12-15-4-3-8-24-22(15)25-16-7-6-14(10-17(16)26)21-13-29-19-11-20(19)30-21/h3-4,6-8,10,18-21H,1-2,5,9,11-13H2,(H,24,25)/t18-,19?,20?,21?/m1/s1. The first-order valence-corrected chi connectivity index (χ1v) is 10.8. The highest BCUT2D eigenvalue weighted by molar-refractivity contribution is 6.00. The number of carbonyl (C=O) groups excluding carboxylic acids is 1. The minimum atomic E-state index is -0.394. The van der Waals surface area contributed by atoms with E-state index in [4.69, 9.17) is 14.2 Å². The Morgan fingerprint density at radius 2 is 2.13 bits per heavy atom. The van der Waals surface area contributed by atoms with Crippen molar-refractivity contribution in [3.05, 3.63) is 47.7 Å². The van der Waals surface area contributed by atoms with Crippen molar-refractivity contribution in [3.63, 3.8) is 0 Å². The molecule has 0 radical (unpaired) electrons. The number of nitrogens with zero attached hydrogens (tertiary/aromatic N) is 2. The fraction of sp³-hybridized carbons (Fsp3) is 0.478. The summed E-state index contributed by atoms with van der Waals surface area (Å²) in [5, 5.41) is 3.42. The van der Waals surface area contributed by atoms with Crippen molar-refractivity contribution < 1.29 is 19.0 Å². The molecule has 7 nitrogen and oxygen atoms in total. The third-order valence-corrected chi connectivity index (χ3v) is 6.36. The zero-order valence-corrected chi connectivity index (χ0v) is 16.8. The van der Waals surface area contributed by atoms with Gasteiger partial charge in [0.25, 0.3) is 5.91 Å². The highest BCUT2D eigenvalue weighted by Gasteiger charge is 2.45. The van der Waals surface area contributed by atoms with E-state index in [2.05, 4.69) is 22.4 Å². The van der Waals surface area contributed by atoms with Crippen LogP contribution in [0, 0.1) is 0 Å². The number of hydrogen-bond donors (Lipinski definition) is 1. The first-order valence-electron chi connectivity index (χ1n) is 10.8. The molecule has 7 heteroatoms. The molecule has 3 aliphatic heterocycles. The second kappa shape index (κ2) is 7.34. The first kappa shape index (κ1) is 18.3. The van der Waals surface area contributed by atoms with Crippen LogP contribution >= 0.6 is 0 Å². The van der Waals surface area contributed by atoms with Crippen molar-refractivity contribution in [2.24, 2.45) is 0 Å². The van der Waals surface area contributed by atoms with Gasteiger partial charge in [0.2, 0.25) is 0 Å². The Bertz CT molecular complexity index is 975. The normalized spacial score (nSPS) is 29.7. The monoisotopic (exact) mass is 407 g/mol. The number of rotatable bonds is 2. The lowest BCUT2D eigenvalue weighted by atomic mass is 10.0. The van der Waals surface area contributed by atoms with Crippen LogP contribution in [0.5, 0.6) is 0 Å². The van der Waals surface area contributed by atoms with E-state index in [1.165, 1.54) is 0 Å². The smallest absolute Gasteiger partial charge is 0.256 e. The third kappa shape index (κ3) is 3.27. The molecule has 0 spiro atoms. The van der Waals surface area contributed by atoms with Gasteiger partial charge < -0.3 is 24.4 Å². The maximum absolute atomic E-state index is 13.5. The predicted molar refractivity (Wildman–Crippen MR) is 111 cm³/mol. The summed E-state index contributed by atoms with van der Waals surface area (Å²) in [5.74, 6) is 0.791. The molecule has 2 aromatic rings. The number of amides is 1. The molecule has 3 unspecified atom stereocenters. The molecule has 4 atom stereocenters. The molecule has 4 heterocycles. The fourth-order valence-electron chi connectivity index (χ4n) is 4.55. The van der Waals surface area contributed by atoms with Crippen molar-refractivity contribution in [1.82, 2.24) is 4.98 Å². The molecular weight excluding hydrogens is 382 g/mol. The maximum atomic E-state index is 13.5. The number of anilines is 3. The van der Waals surface area contributed by atoms with Gasteiger partial charge in [-0.15, -0.1) is 0 Å². The summed E-state index contributed by atoms with van der Waals surface area (Å²) in [6.07, 6.45) is 5.52. The maximum Gasteiger partial charge on any atom is 0.256 e. The van der Waals surface area contributed by atoms with E-state index in [0.29, 0.717) is 19.8 Å². The van der Waals surface area contributed by atoms with E-state index in [1.807, 2.05) is 23.1 Å². The number of ether oxygens (including phenoxy) is 3. The Balaban J connectivity index is 1.38. The predicted octanol–water partition coefficient (Wildman–Crippen LogP) is 3.47. The number of benzene rings is 1. The SMILES string of the molecule is O=C([C@H]1CCCCO1)N1Cc2cccnc2Nc2ccc(C3COC4CC4O3)cc21. The summed E-state index contributed by atoms with van der Waals surface area (Å²) in [4.78, 5) is 19.9. The minimum absolute atomic E-state index is 0.00896. The van der Waals surface area contributed by atoms with Gasteiger partial charge in [-0.1, -0.05) is 12.1 Å². The summed E-state index contributed by atoms with van der Waals surface area (Å²) in [6.45, 7) is 1.65. The van der Waals surface area contributed by atoms with Gasteiger partial charge in [-0.05, 0) is 43.0 Å². The zero-order valence-electron chi connectivity index (χ0n) is 16.8. The van der Waals surface area contributed by atoms with Crippen molar-refractivity contribution in [1.29, 1.82) is 0 Å². The lowest BCUT2D eigenvalue weighted by Gasteiger charge is -2.30. The fourth-order valence-corrected chi connectivity index (χ4v) is 4.55. The summed E-state index contributed by atoms with van der Waals surface area (Å²) >= 11 is 0. The molecule has 1 N–H and O–H groups in total. The van der Waals surface area contributed by atoms with E-state index >= 15 is 0 Å². The van der Waals surface area contributed by atoms with Crippen molar-refractivity contribution in [3.8, 4) is 0 Å². The van der Waals surface area contributed by atoms with Gasteiger partial charge in [0, 0.05) is 24.8 Å². The van der Waals surface area contributed by atoms with E-state index in [0.717, 1.165) is 54.0 Å². The van der Waals surface area contributed by atoms with Crippen LogP contribution in [0.1, 0.15) is 42.9 Å². The molecule has 4 aliphatic rings. The van der Waals surface area contributed by atoms with Gasteiger partial charge in [-0.3, -0.25) is 4.79 Å². The highest BCUT2D eigenvalue weighted by Crippen LogP contribution is 2.42. The van der Waals surface area contributed by atoms with Gasteiger partial charge in [-0.2, -0.15) is 0 Å². The van der Waals surface area contributed by atoms with E-state index in [9.17, 15) is 4.79 Å². The van der Waals surface area contributed by atoms with Crippen molar-refractivity contribution in [2.45, 2.75) is 56.6 Å². The van der Waals surface area contributed by atoms with Crippen LogP contribution in [-0.4, -0.2) is 42.4 Å². The van der Waals surface area contributed by atoms with Crippen LogP contribution in [0.3, 0.4) is 0 Å². The minimum Gasteiger partial charge on any atom is -0.372 e. The summed E-state index contributed by atoms with van der Waals surface area (Å²) in [7, 11) is 0. The molecule has 1 amide bonds. The largest absolute Gasteiger partial charge is 0.372 e. The third-order valence-electron chi connectivity index (χ3n) is 6.36. The number of aromatic nitrogens is 1. The average molecular weight is 407 g/mol. The average Bonchev–Trinajstić information content (AvgIpc) is 3.59. The van der Waals surface area contributed by atoms with Crippen LogP contribution in [0.4, 0.5) is 17.2 Å². The Kier molecular flexibility index (Phi) is 4.48. The number of hydrogen-bond acceptors (Lipinski definition) is 6. The van der Waals surface area contributed by atoms with Crippen LogP contribution in [-0.2, 0) is 25.5 Å². The molecule has 1 saturated carbocycles. The van der Waals surface area contributed by atoms with Crippen LogP contribution < -0.4 is 10.2 Å². The van der Waals surface area contributed by atoms with Crippen LogP contribution in [0.25, 0.3) is 0 Å². The van der Waals surface area contributed by atoms with Gasteiger partial charge >= 0.3 is 0 Å². The quantitative estimate of drug-likeness (QED) is 0.822. The van der Waals surface area contributed by atoms with Crippen molar-refractivity contribution >= 4 is 23.1 Å².